The van der Waals surface area contributed by atoms with Gasteiger partial charge in [0.2, 0.25) is 5.91 Å². The van der Waals surface area contributed by atoms with Crippen molar-refractivity contribution in [2.24, 2.45) is 0 Å². The van der Waals surface area contributed by atoms with E-state index in [0.717, 1.165) is 55.0 Å². The summed E-state index contributed by atoms with van der Waals surface area (Å²) in [6, 6.07) is 17.2. The number of amides is 2. The third kappa shape index (κ3) is 5.25. The first kappa shape index (κ1) is 20.1. The Bertz CT molecular complexity index is 991. The van der Waals surface area contributed by atoms with Crippen LogP contribution in [0.5, 0.6) is 0 Å². The summed E-state index contributed by atoms with van der Waals surface area (Å²) in [5.41, 5.74) is 3.12. The summed E-state index contributed by atoms with van der Waals surface area (Å²) in [7, 11) is 0. The lowest BCUT2D eigenvalue weighted by Crippen LogP contribution is -2.38. The Morgan fingerprint density at radius 3 is 2.70 bits per heavy atom. The second kappa shape index (κ2) is 9.56. The molecule has 2 aromatic carbocycles. The van der Waals surface area contributed by atoms with Crippen LogP contribution in [-0.4, -0.2) is 54.5 Å². The van der Waals surface area contributed by atoms with Gasteiger partial charge in [0, 0.05) is 49.2 Å². The number of aromatic amines is 1. The first-order chi connectivity index (χ1) is 14.7. The summed E-state index contributed by atoms with van der Waals surface area (Å²) in [6.45, 7) is 4.32. The molecule has 7 nitrogen and oxygen atoms in total. The van der Waals surface area contributed by atoms with Crippen LogP contribution in [0.4, 0.5) is 5.69 Å². The van der Waals surface area contributed by atoms with Gasteiger partial charge in [0.1, 0.15) is 5.69 Å². The lowest BCUT2D eigenvalue weighted by molar-refractivity contribution is -0.116. The summed E-state index contributed by atoms with van der Waals surface area (Å²) in [6.07, 6.45) is 0.446. The van der Waals surface area contributed by atoms with E-state index in [9.17, 15) is 9.59 Å². The van der Waals surface area contributed by atoms with Crippen LogP contribution in [0.1, 0.15) is 22.5 Å². The van der Waals surface area contributed by atoms with E-state index in [1.54, 1.807) is 0 Å². The van der Waals surface area contributed by atoms with E-state index in [1.165, 1.54) is 0 Å². The molecule has 4 rings (SSSR count). The minimum absolute atomic E-state index is 0.0132. The highest BCUT2D eigenvalue weighted by atomic mass is 16.5. The van der Waals surface area contributed by atoms with Crippen LogP contribution in [-0.2, 0) is 16.1 Å². The first-order valence-corrected chi connectivity index (χ1v) is 10.2. The van der Waals surface area contributed by atoms with Crippen LogP contribution in [0.3, 0.4) is 0 Å². The predicted molar refractivity (Wildman–Crippen MR) is 116 cm³/mol. The van der Waals surface area contributed by atoms with Gasteiger partial charge in [-0.05, 0) is 29.8 Å². The topological polar surface area (TPSA) is 86.5 Å². The van der Waals surface area contributed by atoms with Crippen molar-refractivity contribution >= 4 is 28.4 Å². The van der Waals surface area contributed by atoms with Crippen LogP contribution in [0, 0.1) is 0 Å². The number of para-hydroxylation sites is 1. The van der Waals surface area contributed by atoms with Crippen molar-refractivity contribution in [1.29, 1.82) is 0 Å². The molecule has 2 amide bonds. The molecule has 0 atom stereocenters. The van der Waals surface area contributed by atoms with Gasteiger partial charge >= 0.3 is 0 Å². The highest BCUT2D eigenvalue weighted by molar-refractivity contribution is 5.98. The number of fused-ring (bicyclic) bond motifs is 1. The molecule has 30 heavy (non-hydrogen) atoms. The fourth-order valence-electron chi connectivity index (χ4n) is 3.54. The lowest BCUT2D eigenvalue weighted by Gasteiger charge is -2.26. The zero-order chi connectivity index (χ0) is 20.8. The molecule has 0 radical (unpaired) electrons. The van der Waals surface area contributed by atoms with Crippen molar-refractivity contribution in [2.75, 3.05) is 38.2 Å². The van der Waals surface area contributed by atoms with E-state index in [1.807, 2.05) is 54.6 Å². The number of hydrogen-bond donors (Lipinski definition) is 3. The number of carbonyl (C=O) groups is 2. The molecule has 2 heterocycles. The number of aromatic nitrogens is 1. The number of carbonyl (C=O) groups excluding carboxylic acids is 2. The van der Waals surface area contributed by atoms with E-state index in [0.29, 0.717) is 18.7 Å². The summed E-state index contributed by atoms with van der Waals surface area (Å²) in [5, 5.41) is 6.87. The van der Waals surface area contributed by atoms with E-state index < -0.39 is 0 Å². The number of morpholine rings is 1. The summed E-state index contributed by atoms with van der Waals surface area (Å²) in [5.74, 6) is -0.174. The molecule has 0 saturated carbocycles. The van der Waals surface area contributed by atoms with Gasteiger partial charge in [0.25, 0.3) is 5.91 Å². The molecule has 0 unspecified atom stereocenters. The Morgan fingerprint density at radius 2 is 1.87 bits per heavy atom. The molecular formula is C23H26N4O3. The molecule has 7 heteroatoms. The third-order valence-electron chi connectivity index (χ3n) is 5.20. The van der Waals surface area contributed by atoms with Gasteiger partial charge in [-0.1, -0.05) is 30.3 Å². The number of nitrogens with zero attached hydrogens (tertiary/aromatic N) is 1. The standard InChI is InChI=1S/C23H26N4O3/c28-22(8-9-27-10-12-30-13-11-27)25-19-6-3-4-17(14-19)16-24-23(29)21-15-18-5-1-2-7-20(18)26-21/h1-7,14-15,26H,8-13,16H2,(H,24,29)(H,25,28). The summed E-state index contributed by atoms with van der Waals surface area (Å²) in [4.78, 5) is 30.1. The number of rotatable bonds is 7. The smallest absolute Gasteiger partial charge is 0.267 e. The molecule has 156 valence electrons. The maximum atomic E-state index is 12.5. The Labute approximate surface area is 175 Å². The number of hydrogen-bond acceptors (Lipinski definition) is 4. The molecule has 3 N–H and O–H groups in total. The molecule has 3 aromatic rings. The highest BCUT2D eigenvalue weighted by Crippen LogP contribution is 2.15. The molecule has 0 aliphatic carbocycles. The molecule has 1 aliphatic rings. The van der Waals surface area contributed by atoms with E-state index in [-0.39, 0.29) is 11.8 Å². The average Bonchev–Trinajstić information content (AvgIpc) is 3.21. The minimum atomic E-state index is -0.161. The molecule has 1 aromatic heterocycles. The Kier molecular flexibility index (Phi) is 6.41. The van der Waals surface area contributed by atoms with Crippen molar-refractivity contribution < 1.29 is 14.3 Å². The second-order valence-electron chi connectivity index (χ2n) is 7.41. The SMILES string of the molecule is O=C(CCN1CCOCC1)Nc1cccc(CNC(=O)c2cc3ccccc3[nH]2)c1. The summed E-state index contributed by atoms with van der Waals surface area (Å²) >= 11 is 0. The van der Waals surface area contributed by atoms with Crippen LogP contribution < -0.4 is 10.6 Å². The maximum absolute atomic E-state index is 12.5. The van der Waals surface area contributed by atoms with Gasteiger partial charge in [0.15, 0.2) is 0 Å². The monoisotopic (exact) mass is 406 g/mol. The Morgan fingerprint density at radius 1 is 1.03 bits per heavy atom. The average molecular weight is 406 g/mol. The van der Waals surface area contributed by atoms with E-state index in [4.69, 9.17) is 4.74 Å². The van der Waals surface area contributed by atoms with Crippen molar-refractivity contribution in [3.63, 3.8) is 0 Å². The highest BCUT2D eigenvalue weighted by Gasteiger charge is 2.12. The normalized spacial score (nSPS) is 14.5. The van der Waals surface area contributed by atoms with Crippen molar-refractivity contribution in [1.82, 2.24) is 15.2 Å². The lowest BCUT2D eigenvalue weighted by atomic mass is 10.2. The fourth-order valence-corrected chi connectivity index (χ4v) is 3.54. The molecular weight excluding hydrogens is 380 g/mol. The van der Waals surface area contributed by atoms with Gasteiger partial charge in [0.05, 0.1) is 13.2 Å². The van der Waals surface area contributed by atoms with Gasteiger partial charge in [-0.15, -0.1) is 0 Å². The molecule has 0 bridgehead atoms. The predicted octanol–water partition coefficient (Wildman–Crippen LogP) is 2.76. The fraction of sp³-hybridized carbons (Fsp3) is 0.304. The molecule has 1 fully saturated rings. The zero-order valence-electron chi connectivity index (χ0n) is 16.8. The number of H-pyrrole nitrogens is 1. The minimum Gasteiger partial charge on any atom is -0.379 e. The number of anilines is 1. The third-order valence-corrected chi connectivity index (χ3v) is 5.20. The summed E-state index contributed by atoms with van der Waals surface area (Å²) < 4.78 is 5.32. The zero-order valence-corrected chi connectivity index (χ0v) is 16.8. The molecule has 0 spiro atoms. The van der Waals surface area contributed by atoms with Gasteiger partial charge in [-0.25, -0.2) is 0 Å². The largest absolute Gasteiger partial charge is 0.379 e. The van der Waals surface area contributed by atoms with Gasteiger partial charge < -0.3 is 20.4 Å². The number of benzene rings is 2. The van der Waals surface area contributed by atoms with Crippen molar-refractivity contribution in [3.8, 4) is 0 Å². The van der Waals surface area contributed by atoms with E-state index in [2.05, 4.69) is 20.5 Å². The molecule has 1 saturated heterocycles. The Hall–Kier alpha value is -3.16. The van der Waals surface area contributed by atoms with Crippen LogP contribution in [0.2, 0.25) is 0 Å². The quantitative estimate of drug-likeness (QED) is 0.563. The van der Waals surface area contributed by atoms with Crippen LogP contribution in [0.25, 0.3) is 10.9 Å². The van der Waals surface area contributed by atoms with Crippen LogP contribution in [0.15, 0.2) is 54.6 Å². The molecule has 1 aliphatic heterocycles. The second-order valence-corrected chi connectivity index (χ2v) is 7.41. The number of nitrogens with one attached hydrogen (secondary N) is 3. The van der Waals surface area contributed by atoms with Crippen molar-refractivity contribution in [3.05, 3.63) is 65.9 Å². The maximum Gasteiger partial charge on any atom is 0.267 e. The van der Waals surface area contributed by atoms with Gasteiger partial charge in [-0.3, -0.25) is 14.5 Å². The Balaban J connectivity index is 1.28. The number of ether oxygens (including phenoxy) is 1. The van der Waals surface area contributed by atoms with Crippen molar-refractivity contribution in [2.45, 2.75) is 13.0 Å². The van der Waals surface area contributed by atoms with E-state index >= 15 is 0 Å². The van der Waals surface area contributed by atoms with Gasteiger partial charge in [-0.2, -0.15) is 0 Å². The van der Waals surface area contributed by atoms with Crippen LogP contribution >= 0.6 is 0 Å². The first-order valence-electron chi connectivity index (χ1n) is 10.2.